The van der Waals surface area contributed by atoms with Gasteiger partial charge in [0.05, 0.1) is 20.3 Å². The van der Waals surface area contributed by atoms with Gasteiger partial charge in [-0.2, -0.15) is 0 Å². The van der Waals surface area contributed by atoms with Crippen molar-refractivity contribution in [3.05, 3.63) is 53.3 Å². The van der Waals surface area contributed by atoms with E-state index in [-0.39, 0.29) is 29.8 Å². The van der Waals surface area contributed by atoms with E-state index in [1.807, 2.05) is 0 Å². The van der Waals surface area contributed by atoms with Gasteiger partial charge < -0.3 is 25.3 Å². The van der Waals surface area contributed by atoms with Gasteiger partial charge in [0.1, 0.15) is 0 Å². The Morgan fingerprint density at radius 1 is 1.07 bits per heavy atom. The number of hydrogen-bond acceptors (Lipinski definition) is 5. The summed E-state index contributed by atoms with van der Waals surface area (Å²) < 4.78 is 29.1. The molecular formula is C19H21FN2O5. The van der Waals surface area contributed by atoms with Gasteiger partial charge >= 0.3 is 0 Å². The molecule has 0 radical (unpaired) electrons. The van der Waals surface area contributed by atoms with Crippen molar-refractivity contribution in [1.29, 1.82) is 0 Å². The van der Waals surface area contributed by atoms with Crippen molar-refractivity contribution in [2.24, 2.45) is 5.73 Å². The number of carbonyl (C=O) groups excluding carboxylic acids is 2. The van der Waals surface area contributed by atoms with E-state index >= 15 is 0 Å². The summed E-state index contributed by atoms with van der Waals surface area (Å²) in [6.07, 6.45) is 0. The molecule has 7 nitrogen and oxygen atoms in total. The minimum atomic E-state index is -0.626. The third-order valence-corrected chi connectivity index (χ3v) is 3.82. The van der Waals surface area contributed by atoms with E-state index in [0.717, 1.165) is 0 Å². The summed E-state index contributed by atoms with van der Waals surface area (Å²) in [6, 6.07) is 8.56. The van der Waals surface area contributed by atoms with Crippen LogP contribution in [0.1, 0.15) is 28.9 Å². The molecule has 2 amide bonds. The van der Waals surface area contributed by atoms with Crippen LogP contribution in [0.5, 0.6) is 17.2 Å². The maximum absolute atomic E-state index is 13.8. The smallest absolute Gasteiger partial charge is 0.255 e. The molecule has 0 fully saturated rings. The van der Waals surface area contributed by atoms with Gasteiger partial charge in [0.15, 0.2) is 29.7 Å². The van der Waals surface area contributed by atoms with Crippen molar-refractivity contribution in [3.8, 4) is 17.2 Å². The lowest BCUT2D eigenvalue weighted by atomic mass is 10.1. The molecular weight excluding hydrogens is 355 g/mol. The van der Waals surface area contributed by atoms with Gasteiger partial charge in [-0.15, -0.1) is 0 Å². The monoisotopic (exact) mass is 376 g/mol. The molecule has 2 rings (SSSR count). The number of primary amides is 1. The van der Waals surface area contributed by atoms with Crippen LogP contribution in [0.4, 0.5) is 4.39 Å². The molecule has 0 saturated carbocycles. The fourth-order valence-corrected chi connectivity index (χ4v) is 2.39. The lowest BCUT2D eigenvalue weighted by Gasteiger charge is -2.16. The molecule has 3 N–H and O–H groups in total. The summed E-state index contributed by atoms with van der Waals surface area (Å²) in [6.45, 7) is 1.43. The minimum absolute atomic E-state index is 0.133. The number of ether oxygens (including phenoxy) is 3. The highest BCUT2D eigenvalue weighted by Gasteiger charge is 2.16. The predicted molar refractivity (Wildman–Crippen MR) is 96.5 cm³/mol. The zero-order valence-electron chi connectivity index (χ0n) is 15.2. The third-order valence-electron chi connectivity index (χ3n) is 3.82. The zero-order chi connectivity index (χ0) is 20.0. The molecule has 2 aromatic rings. The van der Waals surface area contributed by atoms with Crippen LogP contribution < -0.4 is 25.3 Å². The number of carbonyl (C=O) groups is 2. The lowest BCUT2D eigenvalue weighted by Crippen LogP contribution is -2.26. The molecule has 0 saturated heterocycles. The van der Waals surface area contributed by atoms with Crippen molar-refractivity contribution >= 4 is 11.8 Å². The highest BCUT2D eigenvalue weighted by Crippen LogP contribution is 2.28. The molecule has 0 spiro atoms. The van der Waals surface area contributed by atoms with E-state index < -0.39 is 17.8 Å². The van der Waals surface area contributed by atoms with E-state index in [1.165, 1.54) is 44.6 Å². The molecule has 0 aliphatic carbocycles. The Kier molecular flexibility index (Phi) is 6.59. The highest BCUT2D eigenvalue weighted by atomic mass is 19.1. The van der Waals surface area contributed by atoms with Gasteiger partial charge in [-0.25, -0.2) is 4.39 Å². The second-order valence-corrected chi connectivity index (χ2v) is 5.71. The van der Waals surface area contributed by atoms with E-state index in [1.54, 1.807) is 13.0 Å². The molecule has 27 heavy (non-hydrogen) atoms. The number of rotatable bonds is 8. The molecule has 0 aliphatic heterocycles. The molecule has 1 atom stereocenters. The fraction of sp³-hybridized carbons (Fsp3) is 0.263. The van der Waals surface area contributed by atoms with Crippen molar-refractivity contribution < 1.29 is 28.2 Å². The number of nitrogens with one attached hydrogen (secondary N) is 1. The van der Waals surface area contributed by atoms with Crippen LogP contribution in [0.2, 0.25) is 0 Å². The van der Waals surface area contributed by atoms with E-state index in [2.05, 4.69) is 5.32 Å². The van der Waals surface area contributed by atoms with Gasteiger partial charge in [-0.1, -0.05) is 6.07 Å². The molecule has 0 unspecified atom stereocenters. The van der Waals surface area contributed by atoms with Crippen LogP contribution >= 0.6 is 0 Å². The first-order chi connectivity index (χ1) is 12.8. The number of nitrogens with two attached hydrogens (primary N) is 1. The summed E-state index contributed by atoms with van der Waals surface area (Å²) in [5, 5.41) is 2.78. The Labute approximate surface area is 156 Å². The lowest BCUT2D eigenvalue weighted by molar-refractivity contribution is -0.119. The summed E-state index contributed by atoms with van der Waals surface area (Å²) in [5.41, 5.74) is 5.96. The average molecular weight is 376 g/mol. The Hall–Kier alpha value is -3.29. The molecule has 0 heterocycles. The highest BCUT2D eigenvalue weighted by molar-refractivity contribution is 5.95. The van der Waals surface area contributed by atoms with Crippen LogP contribution in [0, 0.1) is 5.82 Å². The van der Waals surface area contributed by atoms with Crippen LogP contribution in [-0.2, 0) is 4.79 Å². The van der Waals surface area contributed by atoms with E-state index in [4.69, 9.17) is 19.9 Å². The number of hydrogen-bond donors (Lipinski definition) is 2. The predicted octanol–water partition coefficient (Wildman–Crippen LogP) is 2.20. The van der Waals surface area contributed by atoms with Crippen molar-refractivity contribution in [3.63, 3.8) is 0 Å². The third kappa shape index (κ3) is 5.10. The summed E-state index contributed by atoms with van der Waals surface area (Å²) in [4.78, 5) is 23.3. The van der Waals surface area contributed by atoms with Crippen LogP contribution in [0.3, 0.4) is 0 Å². The second kappa shape index (κ2) is 8.88. The summed E-state index contributed by atoms with van der Waals surface area (Å²) in [5.74, 6) is -0.801. The fourth-order valence-electron chi connectivity index (χ4n) is 2.39. The molecule has 0 aromatic heterocycles. The van der Waals surface area contributed by atoms with Crippen LogP contribution in [0.15, 0.2) is 36.4 Å². The van der Waals surface area contributed by atoms with Gasteiger partial charge in [0, 0.05) is 5.56 Å². The topological polar surface area (TPSA) is 99.9 Å². The molecule has 8 heteroatoms. The van der Waals surface area contributed by atoms with Crippen LogP contribution in [-0.4, -0.2) is 32.6 Å². The van der Waals surface area contributed by atoms with E-state index in [0.29, 0.717) is 11.1 Å². The van der Waals surface area contributed by atoms with E-state index in [9.17, 15) is 14.0 Å². The first-order valence-electron chi connectivity index (χ1n) is 8.09. The Morgan fingerprint density at radius 2 is 1.74 bits per heavy atom. The normalized spacial score (nSPS) is 11.4. The first-order valence-corrected chi connectivity index (χ1v) is 8.09. The zero-order valence-corrected chi connectivity index (χ0v) is 15.2. The molecule has 0 aliphatic rings. The average Bonchev–Trinajstić information content (AvgIpc) is 2.65. The van der Waals surface area contributed by atoms with Crippen LogP contribution in [0.25, 0.3) is 0 Å². The summed E-state index contributed by atoms with van der Waals surface area (Å²) >= 11 is 0. The Bertz CT molecular complexity index is 841. The van der Waals surface area contributed by atoms with Gasteiger partial charge in [0.25, 0.3) is 11.8 Å². The first kappa shape index (κ1) is 20.0. The molecule has 2 aromatic carbocycles. The van der Waals surface area contributed by atoms with Gasteiger partial charge in [0.2, 0.25) is 0 Å². The van der Waals surface area contributed by atoms with Gasteiger partial charge in [-0.3, -0.25) is 9.59 Å². The quantitative estimate of drug-likeness (QED) is 0.736. The second-order valence-electron chi connectivity index (χ2n) is 5.71. The molecule has 144 valence electrons. The maximum Gasteiger partial charge on any atom is 0.255 e. The SMILES string of the molecule is COc1ccc([C@@H](C)NC(=O)c2ccc(OCC(N)=O)c(OC)c2)cc1F. The minimum Gasteiger partial charge on any atom is -0.494 e. The van der Waals surface area contributed by atoms with Crippen molar-refractivity contribution in [1.82, 2.24) is 5.32 Å². The van der Waals surface area contributed by atoms with Gasteiger partial charge in [-0.05, 0) is 42.8 Å². The Morgan fingerprint density at radius 3 is 2.33 bits per heavy atom. The standard InChI is InChI=1S/C19H21FN2O5/c1-11(12-4-6-15(25-2)14(20)8-12)22-19(24)13-5-7-16(17(9-13)26-3)27-10-18(21)23/h4-9,11H,10H2,1-3H3,(H2,21,23)(H,22,24)/t11-/m1/s1. The number of halogens is 1. The van der Waals surface area contributed by atoms with Crippen molar-refractivity contribution in [2.45, 2.75) is 13.0 Å². The summed E-state index contributed by atoms with van der Waals surface area (Å²) in [7, 11) is 2.80. The van der Waals surface area contributed by atoms with Crippen molar-refractivity contribution in [2.75, 3.05) is 20.8 Å². The molecule has 0 bridgehead atoms. The number of benzene rings is 2. The number of amides is 2. The Balaban J connectivity index is 2.12. The largest absolute Gasteiger partial charge is 0.494 e. The number of methoxy groups -OCH3 is 2. The maximum atomic E-state index is 13.8.